The van der Waals surface area contributed by atoms with Crippen LogP contribution in [0.15, 0.2) is 41.6 Å². The molecule has 0 aliphatic heterocycles. The van der Waals surface area contributed by atoms with Crippen molar-refractivity contribution in [3.8, 4) is 6.07 Å². The Labute approximate surface area is 121 Å². The van der Waals surface area contributed by atoms with Gasteiger partial charge in [0.15, 0.2) is 0 Å². The predicted octanol–water partition coefficient (Wildman–Crippen LogP) is 1.26. The van der Waals surface area contributed by atoms with E-state index in [-0.39, 0.29) is 17.0 Å². The van der Waals surface area contributed by atoms with Crippen LogP contribution in [-0.4, -0.2) is 24.7 Å². The highest BCUT2D eigenvalue weighted by atomic mass is 32.2. The highest BCUT2D eigenvalue weighted by Gasteiger charge is 2.15. The van der Waals surface area contributed by atoms with Crippen molar-refractivity contribution in [2.75, 3.05) is 6.54 Å². The van der Waals surface area contributed by atoms with Gasteiger partial charge in [0, 0.05) is 25.5 Å². The minimum absolute atomic E-state index is 0.125. The number of nitriles is 1. The molecule has 0 saturated carbocycles. The van der Waals surface area contributed by atoms with Crippen molar-refractivity contribution >= 4 is 10.0 Å². The number of nitrogens with zero attached hydrogens (tertiary/aromatic N) is 3. The Morgan fingerprint density at radius 2 is 2.24 bits per heavy atom. The maximum atomic E-state index is 13.2. The molecule has 0 radical (unpaired) electrons. The molecule has 2 rings (SSSR count). The number of aryl methyl sites for hydroxylation is 1. The first kappa shape index (κ1) is 15.2. The summed E-state index contributed by atoms with van der Waals surface area (Å²) in [6.07, 6.45) is 3.99. The van der Waals surface area contributed by atoms with Gasteiger partial charge in [-0.3, -0.25) is 4.68 Å². The van der Waals surface area contributed by atoms with Crippen LogP contribution in [0.4, 0.5) is 4.39 Å². The first-order valence-electron chi connectivity index (χ1n) is 6.20. The van der Waals surface area contributed by atoms with Gasteiger partial charge < -0.3 is 0 Å². The van der Waals surface area contributed by atoms with E-state index in [9.17, 15) is 12.8 Å². The van der Waals surface area contributed by atoms with E-state index in [2.05, 4.69) is 9.82 Å². The average Bonchev–Trinajstić information content (AvgIpc) is 2.97. The molecule has 8 heteroatoms. The number of aromatic nitrogens is 2. The van der Waals surface area contributed by atoms with Crippen molar-refractivity contribution < 1.29 is 12.8 Å². The van der Waals surface area contributed by atoms with E-state index in [0.717, 1.165) is 18.2 Å². The van der Waals surface area contributed by atoms with Crippen molar-refractivity contribution in [2.24, 2.45) is 0 Å². The minimum Gasteiger partial charge on any atom is -0.273 e. The highest BCUT2D eigenvalue weighted by Crippen LogP contribution is 2.14. The Hall–Kier alpha value is -2.24. The second kappa shape index (κ2) is 6.47. The van der Waals surface area contributed by atoms with Crippen LogP contribution in [0.5, 0.6) is 0 Å². The smallest absolute Gasteiger partial charge is 0.240 e. The molecule has 0 aliphatic carbocycles. The summed E-state index contributed by atoms with van der Waals surface area (Å²) in [7, 11) is -3.75. The molecule has 2 aromatic rings. The Morgan fingerprint density at radius 3 is 2.90 bits per heavy atom. The summed E-state index contributed by atoms with van der Waals surface area (Å²) < 4.78 is 41.3. The number of hydrogen-bond acceptors (Lipinski definition) is 4. The molecule has 1 aromatic carbocycles. The number of nitrogens with one attached hydrogen (secondary N) is 1. The molecule has 0 saturated heterocycles. The van der Waals surface area contributed by atoms with E-state index in [1.54, 1.807) is 29.2 Å². The summed E-state index contributed by atoms with van der Waals surface area (Å²) in [4.78, 5) is -0.125. The lowest BCUT2D eigenvalue weighted by atomic mass is 10.2. The standard InChI is InChI=1S/C13H13FN4O2S/c14-13-4-3-12(9-11(13)10-15)21(19,20)17-6-2-8-18-7-1-5-16-18/h1,3-5,7,9,17H,2,6,8H2. The molecule has 1 aromatic heterocycles. The van der Waals surface area contributed by atoms with Crippen LogP contribution >= 0.6 is 0 Å². The molecule has 1 N–H and O–H groups in total. The van der Waals surface area contributed by atoms with Gasteiger partial charge in [0.05, 0.1) is 10.5 Å². The molecule has 6 nitrogen and oxygen atoms in total. The maximum Gasteiger partial charge on any atom is 0.240 e. The van der Waals surface area contributed by atoms with Crippen LogP contribution < -0.4 is 4.72 Å². The first-order valence-corrected chi connectivity index (χ1v) is 7.68. The van der Waals surface area contributed by atoms with Gasteiger partial charge in [0.25, 0.3) is 0 Å². The third-order valence-corrected chi connectivity index (χ3v) is 4.24. The lowest BCUT2D eigenvalue weighted by Gasteiger charge is -2.07. The molecule has 21 heavy (non-hydrogen) atoms. The van der Waals surface area contributed by atoms with E-state index < -0.39 is 15.8 Å². The summed E-state index contributed by atoms with van der Waals surface area (Å²) in [5.74, 6) is -0.741. The van der Waals surface area contributed by atoms with E-state index >= 15 is 0 Å². The van der Waals surface area contributed by atoms with Crippen molar-refractivity contribution in [3.05, 3.63) is 48.0 Å². The molecule has 0 aliphatic rings. The Morgan fingerprint density at radius 1 is 1.43 bits per heavy atom. The van der Waals surface area contributed by atoms with Crippen LogP contribution in [0.25, 0.3) is 0 Å². The number of halogens is 1. The lowest BCUT2D eigenvalue weighted by molar-refractivity contribution is 0.552. The molecule has 110 valence electrons. The molecule has 0 unspecified atom stereocenters. The molecule has 0 bridgehead atoms. The van der Waals surface area contributed by atoms with Crippen LogP contribution in [0.2, 0.25) is 0 Å². The van der Waals surface area contributed by atoms with Gasteiger partial charge in [-0.15, -0.1) is 0 Å². The zero-order valence-electron chi connectivity index (χ0n) is 11.0. The van der Waals surface area contributed by atoms with Crippen LogP contribution in [0.1, 0.15) is 12.0 Å². The van der Waals surface area contributed by atoms with Crippen molar-refractivity contribution in [1.29, 1.82) is 5.26 Å². The zero-order chi connectivity index (χ0) is 15.3. The molecule has 0 spiro atoms. The van der Waals surface area contributed by atoms with Gasteiger partial charge in [-0.05, 0) is 30.7 Å². The summed E-state index contributed by atoms with van der Waals surface area (Å²) >= 11 is 0. The van der Waals surface area contributed by atoms with Gasteiger partial charge in [-0.1, -0.05) is 0 Å². The fourth-order valence-corrected chi connectivity index (χ4v) is 2.82. The zero-order valence-corrected chi connectivity index (χ0v) is 11.8. The van der Waals surface area contributed by atoms with E-state index in [1.807, 2.05) is 0 Å². The van der Waals surface area contributed by atoms with Gasteiger partial charge >= 0.3 is 0 Å². The normalized spacial score (nSPS) is 11.2. The predicted molar refractivity (Wildman–Crippen MR) is 73.1 cm³/mol. The molecular weight excluding hydrogens is 295 g/mol. The van der Waals surface area contributed by atoms with E-state index in [1.165, 1.54) is 0 Å². The summed E-state index contributed by atoms with van der Waals surface area (Å²) in [6.45, 7) is 0.809. The van der Waals surface area contributed by atoms with Gasteiger partial charge in [-0.2, -0.15) is 10.4 Å². The number of rotatable bonds is 6. The Kier molecular flexibility index (Phi) is 4.67. The van der Waals surface area contributed by atoms with Gasteiger partial charge in [-0.25, -0.2) is 17.5 Å². The van der Waals surface area contributed by atoms with Gasteiger partial charge in [0.1, 0.15) is 11.9 Å². The number of benzene rings is 1. The lowest BCUT2D eigenvalue weighted by Crippen LogP contribution is -2.25. The van der Waals surface area contributed by atoms with E-state index in [0.29, 0.717) is 13.0 Å². The van der Waals surface area contributed by atoms with Crippen molar-refractivity contribution in [2.45, 2.75) is 17.9 Å². The number of sulfonamides is 1. The van der Waals surface area contributed by atoms with Gasteiger partial charge in [0.2, 0.25) is 10.0 Å². The fourth-order valence-electron chi connectivity index (χ4n) is 1.72. The molecular formula is C13H13FN4O2S. The SMILES string of the molecule is N#Cc1cc(S(=O)(=O)NCCCn2cccn2)ccc1F. The highest BCUT2D eigenvalue weighted by molar-refractivity contribution is 7.89. The second-order valence-electron chi connectivity index (χ2n) is 4.27. The molecule has 1 heterocycles. The second-order valence-corrected chi connectivity index (χ2v) is 6.04. The van der Waals surface area contributed by atoms with Crippen LogP contribution in [-0.2, 0) is 16.6 Å². The van der Waals surface area contributed by atoms with Crippen molar-refractivity contribution in [1.82, 2.24) is 14.5 Å². The van der Waals surface area contributed by atoms with Crippen LogP contribution in [0.3, 0.4) is 0 Å². The van der Waals surface area contributed by atoms with Crippen molar-refractivity contribution in [3.63, 3.8) is 0 Å². The summed E-state index contributed by atoms with van der Waals surface area (Å²) in [5, 5.41) is 12.7. The average molecular weight is 308 g/mol. The molecule has 0 amide bonds. The topological polar surface area (TPSA) is 87.8 Å². The Bertz CT molecular complexity index is 751. The largest absolute Gasteiger partial charge is 0.273 e. The summed E-state index contributed by atoms with van der Waals surface area (Å²) in [6, 6.07) is 6.52. The molecule has 0 atom stereocenters. The Balaban J connectivity index is 1.97. The van der Waals surface area contributed by atoms with E-state index in [4.69, 9.17) is 5.26 Å². The third-order valence-electron chi connectivity index (χ3n) is 2.78. The monoisotopic (exact) mass is 308 g/mol. The quantitative estimate of drug-likeness (QED) is 0.814. The first-order chi connectivity index (χ1) is 10.0. The number of hydrogen-bond donors (Lipinski definition) is 1. The molecule has 0 fully saturated rings. The fraction of sp³-hybridized carbons (Fsp3) is 0.231. The van der Waals surface area contributed by atoms with Crippen LogP contribution in [0, 0.1) is 17.1 Å². The summed E-state index contributed by atoms with van der Waals surface area (Å²) in [5.41, 5.74) is -0.297. The maximum absolute atomic E-state index is 13.2. The minimum atomic E-state index is -3.75. The third kappa shape index (κ3) is 3.87.